The van der Waals surface area contributed by atoms with E-state index in [9.17, 15) is 0 Å². The van der Waals surface area contributed by atoms with Crippen LogP contribution < -0.4 is 0 Å². The van der Waals surface area contributed by atoms with Crippen LogP contribution in [0.2, 0.25) is 0 Å². The summed E-state index contributed by atoms with van der Waals surface area (Å²) in [5.41, 5.74) is 3.51. The number of ether oxygens (including phenoxy) is 1. The number of rotatable bonds is 7. The number of thiophene rings is 1. The van der Waals surface area contributed by atoms with E-state index in [4.69, 9.17) is 9.84 Å². The molecule has 1 aromatic carbocycles. The van der Waals surface area contributed by atoms with Gasteiger partial charge in [-0.1, -0.05) is 24.3 Å². The Labute approximate surface area is 164 Å². The molecule has 0 N–H and O–H groups in total. The number of hydrogen-bond acceptors (Lipinski definition) is 5. The molecule has 3 heterocycles. The van der Waals surface area contributed by atoms with E-state index >= 15 is 0 Å². The van der Waals surface area contributed by atoms with Crippen LogP contribution in [0.3, 0.4) is 0 Å². The molecule has 0 amide bonds. The summed E-state index contributed by atoms with van der Waals surface area (Å²) in [4.78, 5) is 6.25. The lowest BCUT2D eigenvalue weighted by Gasteiger charge is -2.34. The van der Waals surface area contributed by atoms with Crippen molar-refractivity contribution >= 4 is 11.3 Å². The van der Waals surface area contributed by atoms with Gasteiger partial charge in [0.25, 0.3) is 0 Å². The Balaban J connectivity index is 1.51. The normalized spacial score (nSPS) is 16.0. The Bertz CT molecular complexity index is 823. The van der Waals surface area contributed by atoms with Gasteiger partial charge in [0.1, 0.15) is 5.69 Å². The van der Waals surface area contributed by atoms with Gasteiger partial charge in [-0.15, -0.1) is 11.3 Å². The van der Waals surface area contributed by atoms with E-state index in [1.807, 2.05) is 10.7 Å². The monoisotopic (exact) mass is 382 g/mol. The zero-order valence-corrected chi connectivity index (χ0v) is 16.6. The van der Waals surface area contributed by atoms with Gasteiger partial charge in [0.05, 0.1) is 17.2 Å². The summed E-state index contributed by atoms with van der Waals surface area (Å²) >= 11 is 1.75. The second-order valence-corrected chi connectivity index (χ2v) is 7.82. The smallest absolute Gasteiger partial charge is 0.107 e. The molecule has 5 nitrogen and oxygen atoms in total. The lowest BCUT2D eigenvalue weighted by atomic mass is 10.2. The largest absolute Gasteiger partial charge is 0.383 e. The molecule has 0 unspecified atom stereocenters. The van der Waals surface area contributed by atoms with Gasteiger partial charge in [0.2, 0.25) is 0 Å². The van der Waals surface area contributed by atoms with Crippen molar-refractivity contribution < 1.29 is 4.74 Å². The molecule has 1 aliphatic rings. The van der Waals surface area contributed by atoms with Crippen LogP contribution in [0, 0.1) is 0 Å². The molecule has 0 atom stereocenters. The highest BCUT2D eigenvalue weighted by Gasteiger charge is 2.20. The van der Waals surface area contributed by atoms with Gasteiger partial charge in [-0.2, -0.15) is 5.10 Å². The quantitative estimate of drug-likeness (QED) is 0.627. The number of hydrogen-bond donors (Lipinski definition) is 0. The molecule has 142 valence electrons. The molecule has 27 heavy (non-hydrogen) atoms. The second kappa shape index (κ2) is 8.80. The van der Waals surface area contributed by atoms with Crippen molar-refractivity contribution in [3.63, 3.8) is 0 Å². The molecule has 1 saturated heterocycles. The number of nitrogens with zero attached hydrogens (tertiary/aromatic N) is 4. The molecular weight excluding hydrogens is 356 g/mol. The van der Waals surface area contributed by atoms with Crippen molar-refractivity contribution in [3.8, 4) is 16.3 Å². The lowest BCUT2D eigenvalue weighted by molar-refractivity contribution is 0.0939. The summed E-state index contributed by atoms with van der Waals surface area (Å²) in [5.74, 6) is 0. The maximum atomic E-state index is 5.20. The number of aromatic nitrogens is 2. The van der Waals surface area contributed by atoms with Crippen LogP contribution in [-0.4, -0.2) is 66.0 Å². The number of methoxy groups -OCH3 is 1. The Hall–Kier alpha value is -1.99. The molecule has 2 aromatic heterocycles. The predicted octanol–water partition coefficient (Wildman–Crippen LogP) is 3.36. The van der Waals surface area contributed by atoms with Crippen LogP contribution in [0.1, 0.15) is 5.56 Å². The first-order chi connectivity index (χ1) is 13.3. The third kappa shape index (κ3) is 4.47. The number of para-hydroxylation sites is 1. The summed E-state index contributed by atoms with van der Waals surface area (Å²) in [6.07, 6.45) is 2.20. The van der Waals surface area contributed by atoms with E-state index in [1.165, 1.54) is 10.4 Å². The average molecular weight is 383 g/mol. The summed E-state index contributed by atoms with van der Waals surface area (Å²) in [5, 5.41) is 7.04. The zero-order valence-electron chi connectivity index (χ0n) is 15.8. The van der Waals surface area contributed by atoms with Crippen molar-refractivity contribution in [1.29, 1.82) is 0 Å². The van der Waals surface area contributed by atoms with E-state index in [2.05, 4.69) is 57.8 Å². The van der Waals surface area contributed by atoms with Gasteiger partial charge in [0, 0.05) is 58.1 Å². The van der Waals surface area contributed by atoms with Crippen LogP contribution in [0.25, 0.3) is 16.3 Å². The Morgan fingerprint density at radius 2 is 1.78 bits per heavy atom. The first-order valence-corrected chi connectivity index (χ1v) is 10.3. The minimum Gasteiger partial charge on any atom is -0.383 e. The molecular formula is C21H26N4OS. The zero-order chi connectivity index (χ0) is 18.5. The fourth-order valence-electron chi connectivity index (χ4n) is 3.49. The van der Waals surface area contributed by atoms with Crippen LogP contribution in [0.15, 0.2) is 54.0 Å². The second-order valence-electron chi connectivity index (χ2n) is 6.87. The minimum atomic E-state index is 0.812. The summed E-state index contributed by atoms with van der Waals surface area (Å²) in [6, 6.07) is 14.6. The van der Waals surface area contributed by atoms with Gasteiger partial charge in [-0.3, -0.25) is 9.80 Å². The first kappa shape index (κ1) is 18.4. The Morgan fingerprint density at radius 1 is 1.00 bits per heavy atom. The summed E-state index contributed by atoms with van der Waals surface area (Å²) in [7, 11) is 1.77. The molecule has 0 spiro atoms. The summed E-state index contributed by atoms with van der Waals surface area (Å²) < 4.78 is 7.22. The molecule has 0 radical (unpaired) electrons. The lowest BCUT2D eigenvalue weighted by Crippen LogP contribution is -2.46. The van der Waals surface area contributed by atoms with Gasteiger partial charge in [-0.05, 0) is 23.6 Å². The highest BCUT2D eigenvalue weighted by Crippen LogP contribution is 2.28. The van der Waals surface area contributed by atoms with Crippen LogP contribution >= 0.6 is 11.3 Å². The maximum Gasteiger partial charge on any atom is 0.107 e. The average Bonchev–Trinajstić information content (AvgIpc) is 3.38. The molecule has 1 fully saturated rings. The molecule has 4 rings (SSSR count). The van der Waals surface area contributed by atoms with E-state index in [0.29, 0.717) is 0 Å². The van der Waals surface area contributed by atoms with E-state index < -0.39 is 0 Å². The van der Waals surface area contributed by atoms with Crippen molar-refractivity contribution in [2.24, 2.45) is 0 Å². The third-order valence-electron chi connectivity index (χ3n) is 5.04. The van der Waals surface area contributed by atoms with Crippen molar-refractivity contribution in [2.75, 3.05) is 46.4 Å². The van der Waals surface area contributed by atoms with Crippen LogP contribution in [0.5, 0.6) is 0 Å². The topological polar surface area (TPSA) is 33.5 Å². The first-order valence-electron chi connectivity index (χ1n) is 9.45. The van der Waals surface area contributed by atoms with Crippen molar-refractivity contribution in [1.82, 2.24) is 19.6 Å². The minimum absolute atomic E-state index is 0.812. The molecule has 1 aliphatic heterocycles. The van der Waals surface area contributed by atoms with Crippen LogP contribution in [-0.2, 0) is 11.3 Å². The summed E-state index contributed by atoms with van der Waals surface area (Å²) in [6.45, 7) is 7.16. The molecule has 0 bridgehead atoms. The van der Waals surface area contributed by atoms with Gasteiger partial charge in [-0.25, -0.2) is 4.68 Å². The fraction of sp³-hybridized carbons (Fsp3) is 0.381. The molecule has 3 aromatic rings. The van der Waals surface area contributed by atoms with E-state index in [1.54, 1.807) is 18.4 Å². The SMILES string of the molecule is COCCN1CCN(Cc2cn(-c3ccccc3)nc2-c2cccs2)CC1. The van der Waals surface area contributed by atoms with Crippen LogP contribution in [0.4, 0.5) is 0 Å². The standard InChI is InChI=1S/C21H26N4OS/c1-26-14-13-23-9-11-24(12-10-23)16-18-17-25(19-6-3-2-4-7-19)22-21(18)20-8-5-15-27-20/h2-8,15,17H,9-14,16H2,1H3. The van der Waals surface area contributed by atoms with Gasteiger partial charge < -0.3 is 4.74 Å². The number of piperazine rings is 1. The van der Waals surface area contributed by atoms with Gasteiger partial charge in [0.15, 0.2) is 0 Å². The van der Waals surface area contributed by atoms with E-state index in [-0.39, 0.29) is 0 Å². The van der Waals surface area contributed by atoms with Crippen molar-refractivity contribution in [3.05, 3.63) is 59.6 Å². The highest BCUT2D eigenvalue weighted by atomic mass is 32.1. The van der Waals surface area contributed by atoms with Gasteiger partial charge >= 0.3 is 0 Å². The number of benzene rings is 1. The fourth-order valence-corrected chi connectivity index (χ4v) is 4.24. The Kier molecular flexibility index (Phi) is 5.99. The maximum absolute atomic E-state index is 5.20. The molecule has 6 heteroatoms. The highest BCUT2D eigenvalue weighted by molar-refractivity contribution is 7.13. The van der Waals surface area contributed by atoms with Crippen molar-refractivity contribution in [2.45, 2.75) is 6.54 Å². The predicted molar refractivity (Wildman–Crippen MR) is 110 cm³/mol. The third-order valence-corrected chi connectivity index (χ3v) is 5.91. The molecule has 0 aliphatic carbocycles. The molecule has 0 saturated carbocycles. The Morgan fingerprint density at radius 3 is 2.48 bits per heavy atom. The van der Waals surface area contributed by atoms with E-state index in [0.717, 1.165) is 57.3 Å².